The smallest absolute Gasteiger partial charge is 0.789 e. The van der Waals surface area contributed by atoms with Crippen molar-refractivity contribution in [2.75, 3.05) is 13.2 Å². The number of hydrogen-bond acceptors (Lipinski definition) is 7. The molecule has 0 radical (unpaired) electrons. The van der Waals surface area contributed by atoms with Gasteiger partial charge in [0.1, 0.15) is 0 Å². The first-order valence-corrected chi connectivity index (χ1v) is 20.4. The van der Waals surface area contributed by atoms with Crippen LogP contribution in [0, 0.1) is 0 Å². The molecule has 0 aliphatic carbocycles. The standard InChI is InChI=1S/C32H68O7P2.Ca/c1-3-5-7-9-11-13-15-17-19-21-23-25-27-29-31-37-41(36,39-40(33,34)35)38-32-30-28-26-24-22-20-18-16-14-12-10-8-6-4-2;/h3-32H2,1-2H3,(H2,33,34,35);/q;+2/p-2. The van der Waals surface area contributed by atoms with E-state index in [4.69, 9.17) is 9.05 Å². The molecule has 42 heavy (non-hydrogen) atoms. The van der Waals surface area contributed by atoms with E-state index in [1.807, 2.05) is 0 Å². The second-order valence-corrected chi connectivity index (χ2v) is 14.8. The molecule has 0 spiro atoms. The van der Waals surface area contributed by atoms with E-state index in [0.29, 0.717) is 12.8 Å². The Morgan fingerprint density at radius 3 is 0.833 bits per heavy atom. The quantitative estimate of drug-likeness (QED) is 0.0382. The van der Waals surface area contributed by atoms with E-state index in [9.17, 15) is 18.9 Å². The Hall–Kier alpha value is 1.52. The fraction of sp³-hybridized carbons (Fsp3) is 1.00. The van der Waals surface area contributed by atoms with Crippen molar-refractivity contribution >= 4 is 53.4 Å². The van der Waals surface area contributed by atoms with Crippen molar-refractivity contribution < 1.29 is 32.3 Å². The van der Waals surface area contributed by atoms with Crippen molar-refractivity contribution in [2.45, 2.75) is 194 Å². The van der Waals surface area contributed by atoms with Gasteiger partial charge in [-0.25, -0.2) is 4.57 Å². The van der Waals surface area contributed by atoms with Gasteiger partial charge in [0.15, 0.2) is 0 Å². The molecule has 0 saturated heterocycles. The summed E-state index contributed by atoms with van der Waals surface area (Å²) >= 11 is 0. The first-order valence-electron chi connectivity index (χ1n) is 17.5. The molecule has 248 valence electrons. The minimum Gasteiger partial charge on any atom is -0.789 e. The third-order valence-electron chi connectivity index (χ3n) is 7.69. The Labute approximate surface area is 290 Å². The van der Waals surface area contributed by atoms with Crippen LogP contribution < -0.4 is 9.79 Å². The van der Waals surface area contributed by atoms with Crippen molar-refractivity contribution in [3.8, 4) is 0 Å². The topological polar surface area (TPSA) is 108 Å². The van der Waals surface area contributed by atoms with Crippen LogP contribution in [0.4, 0.5) is 0 Å². The molecule has 0 fully saturated rings. The summed E-state index contributed by atoms with van der Waals surface area (Å²) in [7, 11) is -9.88. The molecule has 7 nitrogen and oxygen atoms in total. The van der Waals surface area contributed by atoms with Gasteiger partial charge in [0.25, 0.3) is 0 Å². The molecule has 10 heteroatoms. The van der Waals surface area contributed by atoms with Gasteiger partial charge in [-0.1, -0.05) is 181 Å². The minimum absolute atomic E-state index is 0. The van der Waals surface area contributed by atoms with Crippen molar-refractivity contribution in [3.63, 3.8) is 0 Å². The van der Waals surface area contributed by atoms with Crippen molar-refractivity contribution in [3.05, 3.63) is 0 Å². The Balaban J connectivity index is 0. The molecular formula is C32H66CaO7P2. The van der Waals surface area contributed by atoms with E-state index in [0.717, 1.165) is 38.5 Å². The Bertz CT molecular complexity index is 596. The maximum Gasteiger partial charge on any atom is 2.00 e. The summed E-state index contributed by atoms with van der Waals surface area (Å²) < 4.78 is 38.3. The molecule has 0 aromatic heterocycles. The largest absolute Gasteiger partial charge is 2.00 e. The molecule has 0 N–H and O–H groups in total. The van der Waals surface area contributed by atoms with Crippen LogP contribution in [0.1, 0.15) is 194 Å². The van der Waals surface area contributed by atoms with Gasteiger partial charge in [-0.05, 0) is 12.8 Å². The van der Waals surface area contributed by atoms with E-state index < -0.39 is 15.6 Å². The molecule has 0 aliphatic heterocycles. The summed E-state index contributed by atoms with van der Waals surface area (Å²) in [6, 6.07) is 0. The van der Waals surface area contributed by atoms with E-state index in [1.54, 1.807) is 0 Å². The van der Waals surface area contributed by atoms with Gasteiger partial charge in [-0.15, -0.1) is 0 Å². The fourth-order valence-electron chi connectivity index (χ4n) is 5.15. The second-order valence-electron chi connectivity index (χ2n) is 11.8. The third-order valence-corrected chi connectivity index (χ3v) is 10.3. The summed E-state index contributed by atoms with van der Waals surface area (Å²) in [6.07, 6.45) is 33.9. The predicted molar refractivity (Wildman–Crippen MR) is 175 cm³/mol. The van der Waals surface area contributed by atoms with Crippen molar-refractivity contribution in [1.82, 2.24) is 0 Å². The van der Waals surface area contributed by atoms with Crippen LogP contribution in [0.15, 0.2) is 0 Å². The number of rotatable bonds is 34. The average Bonchev–Trinajstić information content (AvgIpc) is 2.92. The molecule has 0 heterocycles. The van der Waals surface area contributed by atoms with E-state index in [1.165, 1.54) is 128 Å². The normalized spacial score (nSPS) is 12.1. The molecule has 0 amide bonds. The molecule has 0 aliphatic rings. The molecule has 0 aromatic carbocycles. The van der Waals surface area contributed by atoms with E-state index >= 15 is 0 Å². The fourth-order valence-corrected chi connectivity index (χ4v) is 7.29. The number of unbranched alkanes of at least 4 members (excludes halogenated alkanes) is 26. The van der Waals surface area contributed by atoms with Crippen LogP contribution in [-0.4, -0.2) is 51.0 Å². The van der Waals surface area contributed by atoms with Gasteiger partial charge < -0.3 is 14.4 Å². The van der Waals surface area contributed by atoms with Crippen LogP contribution in [0.2, 0.25) is 0 Å². The molecular weight excluding hydrogens is 598 g/mol. The summed E-state index contributed by atoms with van der Waals surface area (Å²) in [6.45, 7) is 4.60. The predicted octanol–water partition coefficient (Wildman–Crippen LogP) is 10.6. The third kappa shape index (κ3) is 36.0. The number of hydrogen-bond donors (Lipinski definition) is 0. The monoisotopic (exact) mass is 664 g/mol. The SMILES string of the molecule is CCCCCCCCCCCCCCCCOP(=O)(OCCCCCCCCCCCCCCCC)OP(=O)([O-])[O-].[Ca+2]. The van der Waals surface area contributed by atoms with Gasteiger partial charge in [0.05, 0.1) is 21.0 Å². The molecule has 0 saturated carbocycles. The number of phosphoric ester groups is 1. The molecule has 0 bridgehead atoms. The van der Waals surface area contributed by atoms with Crippen LogP contribution in [-0.2, 0) is 22.5 Å². The second kappa shape index (κ2) is 33.9. The van der Waals surface area contributed by atoms with E-state index in [2.05, 4.69) is 18.2 Å². The molecule has 0 aromatic rings. The Morgan fingerprint density at radius 2 is 0.619 bits per heavy atom. The Morgan fingerprint density at radius 1 is 0.405 bits per heavy atom. The van der Waals surface area contributed by atoms with Gasteiger partial charge in [-0.2, -0.15) is 0 Å². The summed E-state index contributed by atoms with van der Waals surface area (Å²) in [5, 5.41) is 0. The van der Waals surface area contributed by atoms with Gasteiger partial charge in [0.2, 0.25) is 0 Å². The first kappa shape index (κ1) is 45.6. The summed E-state index contributed by atoms with van der Waals surface area (Å²) in [5.41, 5.74) is 0. The van der Waals surface area contributed by atoms with Crippen molar-refractivity contribution in [1.29, 1.82) is 0 Å². The summed E-state index contributed by atoms with van der Waals surface area (Å²) in [5.74, 6) is 0. The average molecular weight is 665 g/mol. The molecule has 0 atom stereocenters. The van der Waals surface area contributed by atoms with Crippen LogP contribution in [0.3, 0.4) is 0 Å². The van der Waals surface area contributed by atoms with Crippen molar-refractivity contribution in [2.24, 2.45) is 0 Å². The van der Waals surface area contributed by atoms with Gasteiger partial charge in [-0.3, -0.25) is 13.4 Å². The first-order chi connectivity index (χ1) is 19.8. The zero-order valence-electron chi connectivity index (χ0n) is 27.7. The zero-order valence-corrected chi connectivity index (χ0v) is 31.7. The summed E-state index contributed by atoms with van der Waals surface area (Å²) in [4.78, 5) is 22.2. The zero-order chi connectivity index (χ0) is 30.3. The minimum atomic E-state index is -5.48. The maximum absolute atomic E-state index is 12.7. The Kier molecular flexibility index (Phi) is 36.8. The molecule has 0 unspecified atom stereocenters. The maximum atomic E-state index is 12.7. The van der Waals surface area contributed by atoms with Crippen LogP contribution in [0.25, 0.3) is 0 Å². The van der Waals surface area contributed by atoms with Gasteiger partial charge in [0, 0.05) is 0 Å². The molecule has 0 rings (SSSR count). The van der Waals surface area contributed by atoms with Crippen LogP contribution >= 0.6 is 15.6 Å². The van der Waals surface area contributed by atoms with E-state index in [-0.39, 0.29) is 51.0 Å². The van der Waals surface area contributed by atoms with Crippen LogP contribution in [0.5, 0.6) is 0 Å². The number of phosphoric acid groups is 2. The van der Waals surface area contributed by atoms with Gasteiger partial charge >= 0.3 is 45.6 Å².